The summed E-state index contributed by atoms with van der Waals surface area (Å²) in [5.74, 6) is 1.22. The van der Waals surface area contributed by atoms with Crippen LogP contribution in [0.25, 0.3) is 11.4 Å². The summed E-state index contributed by atoms with van der Waals surface area (Å²) in [5, 5.41) is 9.08. The molecule has 32 heavy (non-hydrogen) atoms. The molecular formula is C23H27ClN4O3S. The Morgan fingerprint density at radius 1 is 1.12 bits per heavy atom. The minimum Gasteiger partial charge on any atom is -0.370 e. The van der Waals surface area contributed by atoms with Gasteiger partial charge in [-0.2, -0.15) is 0 Å². The molecule has 9 heteroatoms. The highest BCUT2D eigenvalue weighted by molar-refractivity contribution is 7.92. The molecule has 0 bridgehead atoms. The van der Waals surface area contributed by atoms with Crippen molar-refractivity contribution in [3.05, 3.63) is 58.9 Å². The van der Waals surface area contributed by atoms with E-state index in [0.717, 1.165) is 18.4 Å². The van der Waals surface area contributed by atoms with Gasteiger partial charge in [-0.05, 0) is 54.2 Å². The smallest absolute Gasteiger partial charge is 0.261 e. The van der Waals surface area contributed by atoms with E-state index in [4.69, 9.17) is 16.3 Å². The van der Waals surface area contributed by atoms with Crippen molar-refractivity contribution in [2.45, 2.75) is 50.0 Å². The molecule has 0 unspecified atom stereocenters. The summed E-state index contributed by atoms with van der Waals surface area (Å²) in [7, 11) is -1.97. The summed E-state index contributed by atoms with van der Waals surface area (Å²) in [6.45, 7) is 6.95. The van der Waals surface area contributed by atoms with Crippen LogP contribution in [0, 0.1) is 0 Å². The van der Waals surface area contributed by atoms with Crippen molar-refractivity contribution in [1.82, 2.24) is 14.8 Å². The fourth-order valence-corrected chi connectivity index (χ4v) is 5.02. The fraction of sp³-hybridized carbons (Fsp3) is 0.391. The number of nitrogens with one attached hydrogen (secondary N) is 1. The SMILES string of the molecule is Cn1c(-c2cc(Cl)ccc2NS(=O)(=O)c2ccc(C(C)(C)C)cc2)nnc1[C@@H]1CCCO1. The van der Waals surface area contributed by atoms with Crippen LogP contribution in [0.4, 0.5) is 5.69 Å². The first-order valence-corrected chi connectivity index (χ1v) is 12.4. The number of benzene rings is 2. The average molecular weight is 475 g/mol. The van der Waals surface area contributed by atoms with Crippen molar-refractivity contribution in [1.29, 1.82) is 0 Å². The molecular weight excluding hydrogens is 448 g/mol. The third-order valence-corrected chi connectivity index (χ3v) is 7.24. The number of halogens is 1. The molecule has 4 rings (SSSR count). The number of rotatable bonds is 5. The zero-order valence-corrected chi connectivity index (χ0v) is 20.2. The Hall–Kier alpha value is -2.42. The second-order valence-corrected chi connectivity index (χ2v) is 11.1. The van der Waals surface area contributed by atoms with Gasteiger partial charge < -0.3 is 9.30 Å². The maximum atomic E-state index is 13.1. The van der Waals surface area contributed by atoms with E-state index < -0.39 is 10.0 Å². The molecule has 1 aliphatic rings. The van der Waals surface area contributed by atoms with Crippen LogP contribution < -0.4 is 4.72 Å². The average Bonchev–Trinajstić information content (AvgIpc) is 3.38. The molecule has 0 amide bonds. The van der Waals surface area contributed by atoms with Gasteiger partial charge >= 0.3 is 0 Å². The lowest BCUT2D eigenvalue weighted by Gasteiger charge is -2.19. The minimum atomic E-state index is -3.82. The Labute approximate surface area is 193 Å². The predicted molar refractivity (Wildman–Crippen MR) is 125 cm³/mol. The lowest BCUT2D eigenvalue weighted by molar-refractivity contribution is 0.102. The number of hydrogen-bond donors (Lipinski definition) is 1. The third-order valence-electron chi connectivity index (χ3n) is 5.62. The van der Waals surface area contributed by atoms with Crippen LogP contribution in [0.2, 0.25) is 5.02 Å². The van der Waals surface area contributed by atoms with Gasteiger partial charge in [0.05, 0.1) is 10.6 Å². The predicted octanol–water partition coefficient (Wildman–Crippen LogP) is 5.09. The van der Waals surface area contributed by atoms with Gasteiger partial charge in [0.15, 0.2) is 11.6 Å². The van der Waals surface area contributed by atoms with Crippen molar-refractivity contribution in [2.24, 2.45) is 7.05 Å². The summed E-state index contributed by atoms with van der Waals surface area (Å²) in [6.07, 6.45) is 1.75. The zero-order valence-electron chi connectivity index (χ0n) is 18.6. The number of aromatic nitrogens is 3. The Balaban J connectivity index is 1.69. The molecule has 1 N–H and O–H groups in total. The molecule has 1 aliphatic heterocycles. The van der Waals surface area contributed by atoms with Gasteiger partial charge in [-0.3, -0.25) is 4.72 Å². The summed E-state index contributed by atoms with van der Waals surface area (Å²) in [5.41, 5.74) is 1.92. The van der Waals surface area contributed by atoms with Gasteiger partial charge in [-0.1, -0.05) is 44.5 Å². The molecule has 1 atom stereocenters. The van der Waals surface area contributed by atoms with Gasteiger partial charge in [-0.25, -0.2) is 8.42 Å². The summed E-state index contributed by atoms with van der Waals surface area (Å²) < 4.78 is 36.5. The van der Waals surface area contributed by atoms with E-state index >= 15 is 0 Å². The Bertz CT molecular complexity index is 1230. The highest BCUT2D eigenvalue weighted by Gasteiger charge is 2.26. The molecule has 0 spiro atoms. The lowest BCUT2D eigenvalue weighted by Crippen LogP contribution is -2.15. The highest BCUT2D eigenvalue weighted by Crippen LogP contribution is 2.34. The van der Waals surface area contributed by atoms with Crippen molar-refractivity contribution in [3.8, 4) is 11.4 Å². The van der Waals surface area contributed by atoms with Crippen LogP contribution in [0.1, 0.15) is 51.1 Å². The second kappa shape index (κ2) is 8.50. The molecule has 0 saturated carbocycles. The van der Waals surface area contributed by atoms with Crippen LogP contribution >= 0.6 is 11.6 Å². The zero-order chi connectivity index (χ0) is 23.1. The molecule has 1 saturated heterocycles. The maximum Gasteiger partial charge on any atom is 0.261 e. The second-order valence-electron chi connectivity index (χ2n) is 9.01. The molecule has 2 aromatic carbocycles. The largest absolute Gasteiger partial charge is 0.370 e. The third kappa shape index (κ3) is 4.53. The molecule has 1 fully saturated rings. The minimum absolute atomic E-state index is 0.0645. The summed E-state index contributed by atoms with van der Waals surface area (Å²) in [4.78, 5) is 0.185. The number of sulfonamides is 1. The van der Waals surface area contributed by atoms with Crippen LogP contribution in [-0.4, -0.2) is 29.8 Å². The fourth-order valence-electron chi connectivity index (χ4n) is 3.77. The number of anilines is 1. The van der Waals surface area contributed by atoms with Gasteiger partial charge in [0, 0.05) is 24.2 Å². The van der Waals surface area contributed by atoms with Crippen molar-refractivity contribution in [3.63, 3.8) is 0 Å². The summed E-state index contributed by atoms with van der Waals surface area (Å²) in [6, 6.07) is 11.9. The van der Waals surface area contributed by atoms with Crippen LogP contribution in [-0.2, 0) is 27.2 Å². The Morgan fingerprint density at radius 3 is 2.47 bits per heavy atom. The van der Waals surface area contributed by atoms with E-state index in [0.29, 0.717) is 34.5 Å². The molecule has 3 aromatic rings. The van der Waals surface area contributed by atoms with Crippen LogP contribution in [0.15, 0.2) is 47.4 Å². The van der Waals surface area contributed by atoms with Crippen molar-refractivity contribution >= 4 is 27.3 Å². The van der Waals surface area contributed by atoms with E-state index in [1.165, 1.54) is 0 Å². The number of nitrogens with zero attached hydrogens (tertiary/aromatic N) is 3. The van der Waals surface area contributed by atoms with Gasteiger partial charge in [-0.15, -0.1) is 10.2 Å². The monoisotopic (exact) mass is 474 g/mol. The van der Waals surface area contributed by atoms with E-state index in [1.54, 1.807) is 30.3 Å². The highest BCUT2D eigenvalue weighted by atomic mass is 35.5. The molecule has 7 nitrogen and oxygen atoms in total. The van der Waals surface area contributed by atoms with Gasteiger partial charge in [0.25, 0.3) is 10.0 Å². The Morgan fingerprint density at radius 2 is 1.84 bits per heavy atom. The Kier molecular flexibility index (Phi) is 6.04. The van der Waals surface area contributed by atoms with Gasteiger partial charge in [0.1, 0.15) is 6.10 Å². The van der Waals surface area contributed by atoms with E-state index in [1.807, 2.05) is 23.7 Å². The first-order chi connectivity index (χ1) is 15.1. The maximum absolute atomic E-state index is 13.1. The first-order valence-electron chi connectivity index (χ1n) is 10.5. The van der Waals surface area contributed by atoms with Gasteiger partial charge in [0.2, 0.25) is 0 Å². The molecule has 1 aromatic heterocycles. The first kappa shape index (κ1) is 22.8. The van der Waals surface area contributed by atoms with E-state index in [2.05, 4.69) is 35.7 Å². The molecule has 2 heterocycles. The molecule has 0 aliphatic carbocycles. The normalized spacial score (nSPS) is 17.0. The lowest BCUT2D eigenvalue weighted by atomic mass is 9.87. The van der Waals surface area contributed by atoms with Crippen molar-refractivity contribution < 1.29 is 13.2 Å². The quantitative estimate of drug-likeness (QED) is 0.556. The van der Waals surface area contributed by atoms with Crippen LogP contribution in [0.3, 0.4) is 0 Å². The van der Waals surface area contributed by atoms with E-state index in [-0.39, 0.29) is 16.4 Å². The number of hydrogen-bond acceptors (Lipinski definition) is 5. The van der Waals surface area contributed by atoms with Crippen molar-refractivity contribution in [2.75, 3.05) is 11.3 Å². The number of ether oxygens (including phenoxy) is 1. The molecule has 0 radical (unpaired) electrons. The van der Waals surface area contributed by atoms with E-state index in [9.17, 15) is 8.42 Å². The standard InChI is InChI=1S/C23H27ClN4O3S/c1-23(2,3)15-7-10-17(11-8-15)32(29,30)27-19-12-9-16(24)14-18(19)21-25-26-22(28(21)4)20-6-5-13-31-20/h7-12,14,20,27H,5-6,13H2,1-4H3/t20-/m0/s1. The topological polar surface area (TPSA) is 86.1 Å². The van der Waals surface area contributed by atoms with Crippen LogP contribution in [0.5, 0.6) is 0 Å². The summed E-state index contributed by atoms with van der Waals surface area (Å²) >= 11 is 6.24. The molecule has 170 valence electrons.